The number of hydrogen-bond acceptors (Lipinski definition) is 6. The van der Waals surface area contributed by atoms with Gasteiger partial charge in [-0.05, 0) is 38.0 Å². The summed E-state index contributed by atoms with van der Waals surface area (Å²) in [6.45, 7) is 2.63. The molecule has 2 aromatic rings. The monoisotopic (exact) mass is 344 g/mol. The first-order valence-electron chi connectivity index (χ1n) is 9.05. The van der Waals surface area contributed by atoms with Crippen LogP contribution < -0.4 is 4.90 Å². The summed E-state index contributed by atoms with van der Waals surface area (Å²) >= 11 is 0. The lowest BCUT2D eigenvalue weighted by Crippen LogP contribution is -2.47. The number of aromatic nitrogens is 3. The number of carbonyl (C=O) groups is 1. The summed E-state index contributed by atoms with van der Waals surface area (Å²) in [4.78, 5) is 23.4. The van der Waals surface area contributed by atoms with Crippen LogP contribution in [0.3, 0.4) is 0 Å². The zero-order chi connectivity index (χ0) is 17.2. The average molecular weight is 344 g/mol. The van der Waals surface area contributed by atoms with E-state index in [-0.39, 0.29) is 0 Å². The molecule has 4 rings (SSSR count). The second-order valence-corrected chi connectivity index (χ2v) is 6.79. The highest BCUT2D eigenvalue weighted by atomic mass is 16.5. The summed E-state index contributed by atoms with van der Waals surface area (Å²) in [5, 5.41) is 0. The van der Waals surface area contributed by atoms with Crippen molar-refractivity contribution in [3.8, 4) is 0 Å². The van der Waals surface area contributed by atoms with Crippen LogP contribution in [0.2, 0.25) is 0 Å². The van der Waals surface area contributed by atoms with Crippen LogP contribution >= 0.6 is 0 Å². The SMILES string of the molecule is COC(=O)c1cc2nccn2c(N2CCCCC2C2CCOCC2)n1. The van der Waals surface area contributed by atoms with E-state index in [2.05, 4.69) is 14.9 Å². The van der Waals surface area contributed by atoms with Gasteiger partial charge < -0.3 is 14.4 Å². The molecule has 2 saturated heterocycles. The van der Waals surface area contributed by atoms with Crippen molar-refractivity contribution in [2.75, 3.05) is 31.8 Å². The molecule has 2 fully saturated rings. The highest BCUT2D eigenvalue weighted by molar-refractivity contribution is 5.88. The maximum Gasteiger partial charge on any atom is 0.356 e. The molecule has 2 aliphatic rings. The Kier molecular flexibility index (Phi) is 4.57. The second kappa shape index (κ2) is 7.00. The van der Waals surface area contributed by atoms with Gasteiger partial charge in [0.1, 0.15) is 5.65 Å². The van der Waals surface area contributed by atoms with Gasteiger partial charge in [-0.15, -0.1) is 0 Å². The summed E-state index contributed by atoms with van der Waals surface area (Å²) in [6.07, 6.45) is 9.37. The fourth-order valence-electron chi connectivity index (χ4n) is 4.12. The number of hydrogen-bond donors (Lipinski definition) is 0. The van der Waals surface area contributed by atoms with E-state index < -0.39 is 5.97 Å². The van der Waals surface area contributed by atoms with Crippen LogP contribution in [0.15, 0.2) is 18.5 Å². The van der Waals surface area contributed by atoms with Crippen LogP contribution in [0.5, 0.6) is 0 Å². The molecular weight excluding hydrogens is 320 g/mol. The Hall–Kier alpha value is -2.15. The van der Waals surface area contributed by atoms with Crippen molar-refractivity contribution < 1.29 is 14.3 Å². The number of anilines is 1. The molecule has 0 spiro atoms. The quantitative estimate of drug-likeness (QED) is 0.796. The first kappa shape index (κ1) is 16.3. The van der Waals surface area contributed by atoms with E-state index in [0.29, 0.717) is 17.7 Å². The van der Waals surface area contributed by atoms with Crippen molar-refractivity contribution in [3.05, 3.63) is 24.2 Å². The molecule has 0 bridgehead atoms. The Bertz CT molecular complexity index is 754. The highest BCUT2D eigenvalue weighted by Crippen LogP contribution is 2.33. The Labute approximate surface area is 147 Å². The molecular formula is C18H24N4O3. The minimum absolute atomic E-state index is 0.313. The van der Waals surface area contributed by atoms with Gasteiger partial charge >= 0.3 is 5.97 Å². The van der Waals surface area contributed by atoms with E-state index in [1.165, 1.54) is 13.5 Å². The minimum Gasteiger partial charge on any atom is -0.464 e. The number of imidazole rings is 1. The molecule has 0 radical (unpaired) electrons. The standard InChI is InChI=1S/C18H24N4O3/c1-24-17(23)14-12-16-19-7-9-22(16)18(20-14)21-8-3-2-4-15(21)13-5-10-25-11-6-13/h7,9,12-13,15H,2-6,8,10-11H2,1H3. The van der Waals surface area contributed by atoms with Crippen molar-refractivity contribution in [1.82, 2.24) is 14.4 Å². The molecule has 2 aliphatic heterocycles. The summed E-state index contributed by atoms with van der Waals surface area (Å²) in [6, 6.07) is 2.12. The van der Waals surface area contributed by atoms with Crippen LogP contribution in [-0.2, 0) is 9.47 Å². The van der Waals surface area contributed by atoms with E-state index in [1.54, 1.807) is 12.3 Å². The first-order valence-corrected chi connectivity index (χ1v) is 9.05. The van der Waals surface area contributed by atoms with Gasteiger partial charge in [-0.2, -0.15) is 0 Å². The Morgan fingerprint density at radius 3 is 2.92 bits per heavy atom. The van der Waals surface area contributed by atoms with E-state index in [4.69, 9.17) is 9.47 Å². The summed E-state index contributed by atoms with van der Waals surface area (Å²) in [5.74, 6) is 0.981. The molecule has 0 aliphatic carbocycles. The maximum absolute atomic E-state index is 12.0. The number of nitrogens with zero attached hydrogens (tertiary/aromatic N) is 4. The van der Waals surface area contributed by atoms with Crippen LogP contribution in [0.1, 0.15) is 42.6 Å². The van der Waals surface area contributed by atoms with Crippen LogP contribution in [-0.4, -0.2) is 53.2 Å². The van der Waals surface area contributed by atoms with Gasteiger partial charge in [-0.25, -0.2) is 14.8 Å². The lowest BCUT2D eigenvalue weighted by atomic mass is 9.85. The number of methoxy groups -OCH3 is 1. The second-order valence-electron chi connectivity index (χ2n) is 6.79. The summed E-state index contributed by atoms with van der Waals surface area (Å²) in [7, 11) is 1.38. The molecule has 1 atom stereocenters. The van der Waals surface area contributed by atoms with Gasteiger partial charge in [-0.3, -0.25) is 4.40 Å². The van der Waals surface area contributed by atoms with E-state index in [1.807, 2.05) is 10.6 Å². The molecule has 4 heterocycles. The van der Waals surface area contributed by atoms with Gasteiger partial charge in [0.15, 0.2) is 5.69 Å². The molecule has 25 heavy (non-hydrogen) atoms. The van der Waals surface area contributed by atoms with Crippen LogP contribution in [0.25, 0.3) is 5.65 Å². The lowest BCUT2D eigenvalue weighted by Gasteiger charge is -2.42. The van der Waals surface area contributed by atoms with Gasteiger partial charge in [-0.1, -0.05) is 0 Å². The van der Waals surface area contributed by atoms with Crippen molar-refractivity contribution in [3.63, 3.8) is 0 Å². The zero-order valence-corrected chi connectivity index (χ0v) is 14.6. The zero-order valence-electron chi connectivity index (χ0n) is 14.6. The minimum atomic E-state index is -0.425. The molecule has 0 aromatic carbocycles. The highest BCUT2D eigenvalue weighted by Gasteiger charge is 2.33. The predicted molar refractivity (Wildman–Crippen MR) is 92.9 cm³/mol. The van der Waals surface area contributed by atoms with E-state index in [9.17, 15) is 4.79 Å². The van der Waals surface area contributed by atoms with Gasteiger partial charge in [0.05, 0.1) is 7.11 Å². The average Bonchev–Trinajstić information content (AvgIpc) is 3.16. The van der Waals surface area contributed by atoms with Crippen molar-refractivity contribution in [1.29, 1.82) is 0 Å². The molecule has 0 amide bonds. The fraction of sp³-hybridized carbons (Fsp3) is 0.611. The maximum atomic E-state index is 12.0. The molecule has 1 unspecified atom stereocenters. The molecule has 2 aromatic heterocycles. The normalized spacial score (nSPS) is 22.3. The third-order valence-electron chi connectivity index (χ3n) is 5.38. The molecule has 134 valence electrons. The molecule has 7 heteroatoms. The molecule has 0 N–H and O–H groups in total. The van der Waals surface area contributed by atoms with Crippen molar-refractivity contribution >= 4 is 17.6 Å². The van der Waals surface area contributed by atoms with Gasteiger partial charge in [0.25, 0.3) is 0 Å². The van der Waals surface area contributed by atoms with Crippen molar-refractivity contribution in [2.24, 2.45) is 5.92 Å². The third kappa shape index (κ3) is 3.08. The molecule has 0 saturated carbocycles. The number of esters is 1. The first-order chi connectivity index (χ1) is 12.3. The lowest BCUT2D eigenvalue weighted by molar-refractivity contribution is 0.0542. The Morgan fingerprint density at radius 1 is 1.28 bits per heavy atom. The van der Waals surface area contributed by atoms with Gasteiger partial charge in [0.2, 0.25) is 5.95 Å². The van der Waals surface area contributed by atoms with Crippen LogP contribution in [0.4, 0.5) is 5.95 Å². The van der Waals surface area contributed by atoms with Crippen LogP contribution in [0, 0.1) is 5.92 Å². The molecule has 7 nitrogen and oxygen atoms in total. The van der Waals surface area contributed by atoms with E-state index >= 15 is 0 Å². The number of piperidine rings is 1. The topological polar surface area (TPSA) is 69.0 Å². The fourth-order valence-corrected chi connectivity index (χ4v) is 4.12. The Balaban J connectivity index is 1.75. The summed E-state index contributed by atoms with van der Waals surface area (Å²) < 4.78 is 12.4. The number of carbonyl (C=O) groups excluding carboxylic acids is 1. The van der Waals surface area contributed by atoms with E-state index in [0.717, 1.165) is 57.0 Å². The largest absolute Gasteiger partial charge is 0.464 e. The Morgan fingerprint density at radius 2 is 2.12 bits per heavy atom. The number of fused-ring (bicyclic) bond motifs is 1. The number of ether oxygens (including phenoxy) is 2. The smallest absolute Gasteiger partial charge is 0.356 e. The number of rotatable bonds is 3. The summed E-state index contributed by atoms with van der Waals surface area (Å²) in [5.41, 5.74) is 1.04. The van der Waals surface area contributed by atoms with Crippen molar-refractivity contribution in [2.45, 2.75) is 38.1 Å². The third-order valence-corrected chi connectivity index (χ3v) is 5.38. The predicted octanol–water partition coefficient (Wildman–Crippen LogP) is 2.30. The van der Waals surface area contributed by atoms with Gasteiger partial charge in [0, 0.05) is 44.3 Å².